The molecule has 0 saturated carbocycles. The third-order valence-corrected chi connectivity index (χ3v) is 8.76. The molecule has 0 fully saturated rings. The summed E-state index contributed by atoms with van der Waals surface area (Å²) in [5.41, 5.74) is 1.22. The number of nitrogens with zero attached hydrogens (tertiary/aromatic N) is 3. The van der Waals surface area contributed by atoms with E-state index < -0.39 is 15.9 Å². The van der Waals surface area contributed by atoms with Crippen LogP contribution in [0.3, 0.4) is 0 Å². The van der Waals surface area contributed by atoms with Crippen LogP contribution >= 0.6 is 23.1 Å². The first-order valence-corrected chi connectivity index (χ1v) is 14.2. The normalized spacial score (nSPS) is 11.2. The van der Waals surface area contributed by atoms with E-state index in [9.17, 15) is 13.2 Å². The first-order chi connectivity index (χ1) is 17.4. The van der Waals surface area contributed by atoms with Crippen molar-refractivity contribution in [1.82, 2.24) is 10.2 Å². The van der Waals surface area contributed by atoms with Crippen LogP contribution in [0, 0.1) is 0 Å². The second kappa shape index (κ2) is 11.5. The van der Waals surface area contributed by atoms with Gasteiger partial charge in [-0.3, -0.25) is 14.4 Å². The molecule has 11 heteroatoms. The van der Waals surface area contributed by atoms with Gasteiger partial charge in [-0.15, -0.1) is 10.2 Å². The number of ether oxygens (including phenoxy) is 1. The average Bonchev–Trinajstić information content (AvgIpc) is 3.34. The van der Waals surface area contributed by atoms with Gasteiger partial charge >= 0.3 is 0 Å². The van der Waals surface area contributed by atoms with Gasteiger partial charge in [-0.2, -0.15) is 0 Å². The van der Waals surface area contributed by atoms with Crippen LogP contribution in [0.1, 0.15) is 22.8 Å². The highest BCUT2D eigenvalue weighted by atomic mass is 32.2. The van der Waals surface area contributed by atoms with Gasteiger partial charge in [-0.05, 0) is 47.7 Å². The number of anilines is 2. The van der Waals surface area contributed by atoms with Crippen LogP contribution in [-0.4, -0.2) is 37.4 Å². The lowest BCUT2D eigenvalue weighted by molar-refractivity contribution is 0.102. The maximum absolute atomic E-state index is 13.9. The third kappa shape index (κ3) is 5.86. The summed E-state index contributed by atoms with van der Waals surface area (Å²) in [7, 11) is -2.52. The molecule has 0 saturated heterocycles. The average molecular weight is 541 g/mol. The highest BCUT2D eigenvalue weighted by molar-refractivity contribution is 8.01. The number of para-hydroxylation sites is 1. The Morgan fingerprint density at radius 3 is 2.39 bits per heavy atom. The number of benzene rings is 3. The van der Waals surface area contributed by atoms with Crippen molar-refractivity contribution in [2.45, 2.75) is 22.7 Å². The predicted octanol–water partition coefficient (Wildman–Crippen LogP) is 5.31. The highest BCUT2D eigenvalue weighted by Gasteiger charge is 2.29. The molecule has 0 aliphatic rings. The lowest BCUT2D eigenvalue weighted by Gasteiger charge is -2.26. The summed E-state index contributed by atoms with van der Waals surface area (Å²) in [4.78, 5) is 13.4. The Morgan fingerprint density at radius 1 is 1.00 bits per heavy atom. The molecule has 1 N–H and O–H groups in total. The van der Waals surface area contributed by atoms with Gasteiger partial charge in [-0.1, -0.05) is 72.5 Å². The van der Waals surface area contributed by atoms with Gasteiger partial charge in [0.25, 0.3) is 15.9 Å². The molecule has 4 aromatic rings. The largest absolute Gasteiger partial charge is 0.497 e. The number of hydrogen-bond acceptors (Lipinski definition) is 8. The molecule has 1 amide bonds. The van der Waals surface area contributed by atoms with E-state index >= 15 is 0 Å². The Bertz CT molecular complexity index is 1430. The summed E-state index contributed by atoms with van der Waals surface area (Å²) in [6.45, 7) is 2.04. The SMILES string of the molecule is CCSc1nnc(NC(=O)c2ccccc2N(Cc2ccccc2)S(=O)(=O)c2ccc(OC)cc2)s1. The van der Waals surface area contributed by atoms with Crippen LogP contribution in [0.5, 0.6) is 5.75 Å². The van der Waals surface area contributed by atoms with Crippen molar-refractivity contribution in [1.29, 1.82) is 0 Å². The summed E-state index contributed by atoms with van der Waals surface area (Å²) in [6, 6.07) is 22.0. The summed E-state index contributed by atoms with van der Waals surface area (Å²) < 4.78 is 34.9. The minimum Gasteiger partial charge on any atom is -0.497 e. The van der Waals surface area contributed by atoms with Crippen LogP contribution in [-0.2, 0) is 16.6 Å². The number of amides is 1. The number of sulfonamides is 1. The van der Waals surface area contributed by atoms with Gasteiger partial charge in [-0.25, -0.2) is 8.42 Å². The number of nitrogens with one attached hydrogen (secondary N) is 1. The number of hydrogen-bond donors (Lipinski definition) is 1. The Hall–Kier alpha value is -3.41. The molecular weight excluding hydrogens is 517 g/mol. The van der Waals surface area contributed by atoms with Crippen LogP contribution in [0.4, 0.5) is 10.8 Å². The summed E-state index contributed by atoms with van der Waals surface area (Å²) in [5.74, 6) is 0.905. The van der Waals surface area contributed by atoms with Crippen LogP contribution in [0.15, 0.2) is 88.1 Å². The first kappa shape index (κ1) is 25.7. The molecule has 8 nitrogen and oxygen atoms in total. The number of methoxy groups -OCH3 is 1. The third-order valence-electron chi connectivity index (χ3n) is 5.13. The molecule has 0 radical (unpaired) electrons. The maximum Gasteiger partial charge on any atom is 0.264 e. The van der Waals surface area contributed by atoms with E-state index in [1.54, 1.807) is 36.4 Å². The summed E-state index contributed by atoms with van der Waals surface area (Å²) >= 11 is 2.80. The van der Waals surface area contributed by atoms with E-state index in [1.165, 1.54) is 46.6 Å². The zero-order chi connectivity index (χ0) is 25.5. The standard InChI is InChI=1S/C25H24N4O4S3/c1-3-34-25-28-27-24(35-25)26-23(30)21-11-7-8-12-22(21)29(17-18-9-5-4-6-10-18)36(31,32)20-15-13-19(33-2)14-16-20/h4-16H,3,17H2,1-2H3,(H,26,27,30). The Morgan fingerprint density at radius 2 is 1.69 bits per heavy atom. The molecule has 0 atom stereocenters. The lowest BCUT2D eigenvalue weighted by Crippen LogP contribution is -2.32. The van der Waals surface area contributed by atoms with E-state index in [0.29, 0.717) is 10.9 Å². The molecule has 3 aromatic carbocycles. The van der Waals surface area contributed by atoms with Crippen molar-refractivity contribution < 1.29 is 17.9 Å². The lowest BCUT2D eigenvalue weighted by atomic mass is 10.1. The Balaban J connectivity index is 1.74. The first-order valence-electron chi connectivity index (χ1n) is 11.0. The summed E-state index contributed by atoms with van der Waals surface area (Å²) in [6.07, 6.45) is 0. The zero-order valence-electron chi connectivity index (χ0n) is 19.6. The van der Waals surface area contributed by atoms with Crippen molar-refractivity contribution in [2.24, 2.45) is 0 Å². The minimum absolute atomic E-state index is 0.0373. The number of carbonyl (C=O) groups excluding carboxylic acids is 1. The summed E-state index contributed by atoms with van der Waals surface area (Å²) in [5, 5.41) is 11.2. The fourth-order valence-electron chi connectivity index (χ4n) is 3.41. The van der Waals surface area contributed by atoms with Gasteiger partial charge < -0.3 is 4.74 Å². The van der Waals surface area contributed by atoms with Crippen molar-refractivity contribution in [2.75, 3.05) is 22.5 Å². The number of aromatic nitrogens is 2. The van der Waals surface area contributed by atoms with Gasteiger partial charge in [0.15, 0.2) is 4.34 Å². The van der Waals surface area contributed by atoms with Gasteiger partial charge in [0.1, 0.15) is 5.75 Å². The van der Waals surface area contributed by atoms with Crippen molar-refractivity contribution >= 4 is 49.8 Å². The topological polar surface area (TPSA) is 101 Å². The smallest absolute Gasteiger partial charge is 0.264 e. The van der Waals surface area contributed by atoms with Crippen LogP contribution in [0.2, 0.25) is 0 Å². The predicted molar refractivity (Wildman–Crippen MR) is 144 cm³/mol. The second-order valence-electron chi connectivity index (χ2n) is 7.45. The van der Waals surface area contributed by atoms with E-state index in [2.05, 4.69) is 15.5 Å². The van der Waals surface area contributed by atoms with E-state index in [0.717, 1.165) is 15.7 Å². The number of rotatable bonds is 10. The van der Waals surface area contributed by atoms with Crippen LogP contribution < -0.4 is 14.4 Å². The van der Waals surface area contributed by atoms with E-state index in [-0.39, 0.29) is 22.7 Å². The van der Waals surface area contributed by atoms with E-state index in [1.807, 2.05) is 37.3 Å². The highest BCUT2D eigenvalue weighted by Crippen LogP contribution is 2.31. The molecule has 0 bridgehead atoms. The van der Waals surface area contributed by atoms with Crippen LogP contribution in [0.25, 0.3) is 0 Å². The fourth-order valence-corrected chi connectivity index (χ4v) is 6.53. The molecule has 4 rings (SSSR count). The molecular formula is C25H24N4O4S3. The molecule has 0 aliphatic carbocycles. The van der Waals surface area contributed by atoms with Gasteiger partial charge in [0.05, 0.1) is 29.8 Å². The molecule has 36 heavy (non-hydrogen) atoms. The van der Waals surface area contributed by atoms with Gasteiger partial charge in [0.2, 0.25) is 5.13 Å². The molecule has 1 heterocycles. The minimum atomic E-state index is -4.04. The number of thioether (sulfide) groups is 1. The number of carbonyl (C=O) groups is 1. The quantitative estimate of drug-likeness (QED) is 0.215. The van der Waals surface area contributed by atoms with Crippen molar-refractivity contribution in [3.05, 3.63) is 90.0 Å². The second-order valence-corrected chi connectivity index (χ2v) is 11.8. The molecule has 0 unspecified atom stereocenters. The molecule has 186 valence electrons. The van der Waals surface area contributed by atoms with Crippen molar-refractivity contribution in [3.8, 4) is 5.75 Å². The van der Waals surface area contributed by atoms with Crippen molar-refractivity contribution in [3.63, 3.8) is 0 Å². The fraction of sp³-hybridized carbons (Fsp3) is 0.160. The van der Waals surface area contributed by atoms with Gasteiger partial charge in [0, 0.05) is 0 Å². The molecule has 0 spiro atoms. The molecule has 1 aromatic heterocycles. The monoisotopic (exact) mass is 540 g/mol. The van der Waals surface area contributed by atoms with E-state index in [4.69, 9.17) is 4.74 Å². The molecule has 0 aliphatic heterocycles. The Labute approximate surface area is 218 Å². The Kier molecular flexibility index (Phi) is 8.24. The maximum atomic E-state index is 13.9. The zero-order valence-corrected chi connectivity index (χ0v) is 22.1.